The van der Waals surface area contributed by atoms with Crippen molar-refractivity contribution < 1.29 is 9.53 Å². The smallest absolute Gasteiger partial charge is 0.251 e. The number of carbonyl (C=O) groups excluding carboxylic acids is 1. The van der Waals surface area contributed by atoms with Crippen molar-refractivity contribution in [3.05, 3.63) is 59.7 Å². The largest absolute Gasteiger partial charge is 0.497 e. The van der Waals surface area contributed by atoms with Crippen molar-refractivity contribution in [1.82, 2.24) is 25.9 Å². The Labute approximate surface area is 145 Å². The topological polar surface area (TPSA) is 92.8 Å². The van der Waals surface area contributed by atoms with Crippen molar-refractivity contribution >= 4 is 5.91 Å². The monoisotopic (exact) mass is 337 g/mol. The van der Waals surface area contributed by atoms with E-state index in [1.165, 1.54) is 0 Å². The first-order valence-corrected chi connectivity index (χ1v) is 8.00. The second-order valence-corrected chi connectivity index (χ2v) is 5.52. The number of benzene rings is 2. The first-order valence-electron chi connectivity index (χ1n) is 8.00. The lowest BCUT2D eigenvalue weighted by atomic mass is 10.0. The van der Waals surface area contributed by atoms with Gasteiger partial charge in [0.1, 0.15) is 5.75 Å². The van der Waals surface area contributed by atoms with E-state index in [0.717, 1.165) is 23.3 Å². The fraction of sp³-hybridized carbons (Fsp3) is 0.222. The second-order valence-electron chi connectivity index (χ2n) is 5.52. The molecule has 25 heavy (non-hydrogen) atoms. The number of nitrogens with zero attached hydrogens (tertiary/aromatic N) is 3. The molecule has 1 atom stereocenters. The summed E-state index contributed by atoms with van der Waals surface area (Å²) in [5.41, 5.74) is 2.42. The Bertz CT molecular complexity index is 814. The normalized spacial score (nSPS) is 11.8. The van der Waals surface area contributed by atoms with Gasteiger partial charge in [0.15, 0.2) is 0 Å². The van der Waals surface area contributed by atoms with Gasteiger partial charge < -0.3 is 10.1 Å². The molecule has 7 heteroatoms. The molecule has 3 rings (SSSR count). The van der Waals surface area contributed by atoms with E-state index in [4.69, 9.17) is 4.74 Å². The molecular weight excluding hydrogens is 318 g/mol. The highest BCUT2D eigenvalue weighted by molar-refractivity contribution is 5.94. The van der Waals surface area contributed by atoms with Crippen LogP contribution in [0.3, 0.4) is 0 Å². The number of hydrogen-bond acceptors (Lipinski definition) is 5. The quantitative estimate of drug-likeness (QED) is 0.721. The molecule has 0 bridgehead atoms. The van der Waals surface area contributed by atoms with Gasteiger partial charge in [0, 0.05) is 11.1 Å². The van der Waals surface area contributed by atoms with Gasteiger partial charge in [0.25, 0.3) is 5.91 Å². The lowest BCUT2D eigenvalue weighted by molar-refractivity contribution is 0.0935. The van der Waals surface area contributed by atoms with E-state index >= 15 is 0 Å². The van der Waals surface area contributed by atoms with E-state index < -0.39 is 0 Å². The van der Waals surface area contributed by atoms with Crippen LogP contribution in [0.25, 0.3) is 11.4 Å². The molecule has 128 valence electrons. The van der Waals surface area contributed by atoms with Crippen LogP contribution in [0.5, 0.6) is 5.75 Å². The number of ether oxygens (including phenoxy) is 1. The first kappa shape index (κ1) is 16.6. The molecule has 0 fully saturated rings. The number of aromatic nitrogens is 4. The summed E-state index contributed by atoms with van der Waals surface area (Å²) >= 11 is 0. The molecule has 1 amide bonds. The summed E-state index contributed by atoms with van der Waals surface area (Å²) in [6.07, 6.45) is 0.791. The summed E-state index contributed by atoms with van der Waals surface area (Å²) < 4.78 is 5.17. The van der Waals surface area contributed by atoms with Gasteiger partial charge in [0.2, 0.25) is 5.82 Å². The molecule has 7 nitrogen and oxygen atoms in total. The fourth-order valence-electron chi connectivity index (χ4n) is 2.55. The highest BCUT2D eigenvalue weighted by atomic mass is 16.5. The molecule has 0 unspecified atom stereocenters. The Morgan fingerprint density at radius 3 is 2.44 bits per heavy atom. The Kier molecular flexibility index (Phi) is 5.03. The fourth-order valence-corrected chi connectivity index (χ4v) is 2.55. The number of hydrogen-bond donors (Lipinski definition) is 2. The van der Waals surface area contributed by atoms with E-state index in [2.05, 4.69) is 25.9 Å². The highest BCUT2D eigenvalue weighted by Crippen LogP contribution is 2.21. The summed E-state index contributed by atoms with van der Waals surface area (Å²) in [7, 11) is 1.63. The minimum Gasteiger partial charge on any atom is -0.497 e. The summed E-state index contributed by atoms with van der Waals surface area (Å²) in [5.74, 6) is 1.17. The second kappa shape index (κ2) is 7.57. The maximum Gasteiger partial charge on any atom is 0.251 e. The standard InChI is InChI=1S/C18H19N5O2/c1-3-16(12-8-10-15(25-2)11-9-12)19-18(24)14-6-4-13(5-7-14)17-20-22-23-21-17/h4-11,16H,3H2,1-2H3,(H,19,24)(H,20,21,22,23)/t16-/m1/s1. The predicted molar refractivity (Wildman–Crippen MR) is 93.1 cm³/mol. The van der Waals surface area contributed by atoms with E-state index in [1.807, 2.05) is 31.2 Å². The average molecular weight is 337 g/mol. The van der Waals surface area contributed by atoms with Crippen molar-refractivity contribution in [3.63, 3.8) is 0 Å². The third-order valence-electron chi connectivity index (χ3n) is 3.98. The Morgan fingerprint density at radius 2 is 1.88 bits per heavy atom. The first-order chi connectivity index (χ1) is 12.2. The minimum atomic E-state index is -0.123. The lowest BCUT2D eigenvalue weighted by Gasteiger charge is -2.18. The van der Waals surface area contributed by atoms with Crippen LogP contribution in [-0.2, 0) is 0 Å². The van der Waals surface area contributed by atoms with Crippen molar-refractivity contribution in [2.45, 2.75) is 19.4 Å². The number of rotatable bonds is 6. The minimum absolute atomic E-state index is 0.0599. The third kappa shape index (κ3) is 3.82. The summed E-state index contributed by atoms with van der Waals surface area (Å²) in [5, 5.41) is 16.8. The number of methoxy groups -OCH3 is 1. The molecule has 0 aliphatic heterocycles. The zero-order valence-electron chi connectivity index (χ0n) is 14.1. The maximum atomic E-state index is 12.5. The molecule has 1 aromatic heterocycles. The molecule has 2 aromatic carbocycles. The number of aromatic amines is 1. The molecular formula is C18H19N5O2. The predicted octanol–water partition coefficient (Wildman–Crippen LogP) is 2.76. The van der Waals surface area contributed by atoms with Crippen LogP contribution in [0.15, 0.2) is 48.5 Å². The number of nitrogens with one attached hydrogen (secondary N) is 2. The summed E-state index contributed by atoms with van der Waals surface area (Å²) in [6, 6.07) is 14.8. The molecule has 0 aliphatic carbocycles. The Balaban J connectivity index is 1.71. The van der Waals surface area contributed by atoms with E-state index in [1.54, 1.807) is 31.4 Å². The Morgan fingerprint density at radius 1 is 1.16 bits per heavy atom. The number of amides is 1. The van der Waals surface area contributed by atoms with Crippen LogP contribution in [0.2, 0.25) is 0 Å². The van der Waals surface area contributed by atoms with Gasteiger partial charge >= 0.3 is 0 Å². The van der Waals surface area contributed by atoms with E-state index in [9.17, 15) is 4.79 Å². The summed E-state index contributed by atoms with van der Waals surface area (Å²) in [4.78, 5) is 12.5. The third-order valence-corrected chi connectivity index (χ3v) is 3.98. The number of carbonyl (C=O) groups is 1. The van der Waals surface area contributed by atoms with Crippen LogP contribution in [0.1, 0.15) is 35.3 Å². The average Bonchev–Trinajstić information content (AvgIpc) is 3.21. The van der Waals surface area contributed by atoms with Gasteiger partial charge in [-0.2, -0.15) is 5.21 Å². The van der Waals surface area contributed by atoms with Gasteiger partial charge in [-0.3, -0.25) is 4.79 Å². The molecule has 3 aromatic rings. The molecule has 0 spiro atoms. The van der Waals surface area contributed by atoms with E-state index in [-0.39, 0.29) is 11.9 Å². The van der Waals surface area contributed by atoms with Crippen LogP contribution in [0, 0.1) is 0 Å². The van der Waals surface area contributed by atoms with Crippen molar-refractivity contribution in [1.29, 1.82) is 0 Å². The molecule has 0 saturated carbocycles. The van der Waals surface area contributed by atoms with E-state index in [0.29, 0.717) is 11.4 Å². The molecule has 1 heterocycles. The van der Waals surface area contributed by atoms with Crippen molar-refractivity contribution in [2.75, 3.05) is 7.11 Å². The van der Waals surface area contributed by atoms with Crippen LogP contribution < -0.4 is 10.1 Å². The van der Waals surface area contributed by atoms with Crippen LogP contribution in [0.4, 0.5) is 0 Å². The van der Waals surface area contributed by atoms with Gasteiger partial charge in [0.05, 0.1) is 13.2 Å². The zero-order chi connectivity index (χ0) is 17.6. The van der Waals surface area contributed by atoms with Crippen LogP contribution in [-0.4, -0.2) is 33.6 Å². The van der Waals surface area contributed by atoms with Gasteiger partial charge in [-0.15, -0.1) is 10.2 Å². The molecule has 0 radical (unpaired) electrons. The number of H-pyrrole nitrogens is 1. The van der Waals surface area contributed by atoms with Gasteiger partial charge in [-0.25, -0.2) is 0 Å². The molecule has 2 N–H and O–H groups in total. The van der Waals surface area contributed by atoms with Gasteiger partial charge in [-0.05, 0) is 41.5 Å². The van der Waals surface area contributed by atoms with Gasteiger partial charge in [-0.1, -0.05) is 31.2 Å². The number of tetrazole rings is 1. The molecule has 0 saturated heterocycles. The lowest BCUT2D eigenvalue weighted by Crippen LogP contribution is -2.28. The SMILES string of the molecule is CC[C@@H](NC(=O)c1ccc(-c2nn[nH]n2)cc1)c1ccc(OC)cc1. The molecule has 0 aliphatic rings. The van der Waals surface area contributed by atoms with Crippen LogP contribution >= 0.6 is 0 Å². The zero-order valence-corrected chi connectivity index (χ0v) is 14.1. The maximum absolute atomic E-state index is 12.5. The summed E-state index contributed by atoms with van der Waals surface area (Å²) in [6.45, 7) is 2.04. The van der Waals surface area contributed by atoms with Crippen molar-refractivity contribution in [3.8, 4) is 17.1 Å². The highest BCUT2D eigenvalue weighted by Gasteiger charge is 2.14. The Hall–Kier alpha value is -3.22. The van der Waals surface area contributed by atoms with Crippen molar-refractivity contribution in [2.24, 2.45) is 0 Å².